The van der Waals surface area contributed by atoms with E-state index < -0.39 is 0 Å². The third-order valence-corrected chi connectivity index (χ3v) is 5.10. The van der Waals surface area contributed by atoms with E-state index in [0.29, 0.717) is 13.2 Å². The maximum Gasteiger partial charge on any atom is 0.119 e. The molecule has 2 aromatic carbocycles. The zero-order valence-electron chi connectivity index (χ0n) is 15.6. The van der Waals surface area contributed by atoms with Crippen LogP contribution in [0.3, 0.4) is 0 Å². The van der Waals surface area contributed by atoms with Crippen LogP contribution >= 0.6 is 0 Å². The lowest BCUT2D eigenvalue weighted by atomic mass is 9.74. The molecule has 0 N–H and O–H groups in total. The fraction of sp³-hybridized carbons (Fsp3) is 0.200. The number of fused-ring (bicyclic) bond motifs is 1. The Morgan fingerprint density at radius 3 is 2.44 bits per heavy atom. The van der Waals surface area contributed by atoms with Crippen LogP contribution in [0.4, 0.5) is 0 Å². The molecule has 2 aliphatic rings. The number of hydrogen-bond acceptors (Lipinski definition) is 2. The van der Waals surface area contributed by atoms with Gasteiger partial charge in [-0.15, -0.1) is 0 Å². The summed E-state index contributed by atoms with van der Waals surface area (Å²) >= 11 is 0. The third-order valence-electron chi connectivity index (χ3n) is 5.10. The van der Waals surface area contributed by atoms with Crippen molar-refractivity contribution < 1.29 is 9.47 Å². The number of rotatable bonds is 6. The minimum Gasteiger partial charge on any atom is -0.489 e. The highest BCUT2D eigenvalue weighted by molar-refractivity contribution is 5.44. The van der Waals surface area contributed by atoms with Crippen LogP contribution in [0, 0.1) is 5.41 Å². The summed E-state index contributed by atoms with van der Waals surface area (Å²) in [6.07, 6.45) is 14.1. The molecule has 0 aliphatic heterocycles. The van der Waals surface area contributed by atoms with Gasteiger partial charge in [0.25, 0.3) is 0 Å². The summed E-state index contributed by atoms with van der Waals surface area (Å²) < 4.78 is 11.8. The Morgan fingerprint density at radius 2 is 1.63 bits per heavy atom. The van der Waals surface area contributed by atoms with Crippen molar-refractivity contribution in [2.45, 2.75) is 26.6 Å². The summed E-state index contributed by atoms with van der Waals surface area (Å²) in [6, 6.07) is 18.3. The SMILES string of the molecule is CC12C=CC(OCc3ccc(OCc4ccccc4)cc3)=CC1=CC=CC2. The maximum atomic E-state index is 6.00. The topological polar surface area (TPSA) is 18.5 Å². The Kier molecular flexibility index (Phi) is 4.97. The van der Waals surface area contributed by atoms with E-state index in [0.717, 1.165) is 23.5 Å². The molecule has 0 bridgehead atoms. The molecule has 4 rings (SSSR count). The highest BCUT2D eigenvalue weighted by atomic mass is 16.5. The minimum atomic E-state index is 0.110. The second-order valence-corrected chi connectivity index (χ2v) is 7.26. The lowest BCUT2D eigenvalue weighted by Crippen LogP contribution is -2.19. The van der Waals surface area contributed by atoms with E-state index in [9.17, 15) is 0 Å². The molecule has 0 saturated carbocycles. The van der Waals surface area contributed by atoms with Gasteiger partial charge in [-0.2, -0.15) is 0 Å². The highest BCUT2D eigenvalue weighted by Crippen LogP contribution is 2.40. The van der Waals surface area contributed by atoms with Gasteiger partial charge >= 0.3 is 0 Å². The molecule has 0 saturated heterocycles. The first kappa shape index (κ1) is 17.4. The fourth-order valence-electron chi connectivity index (χ4n) is 3.32. The van der Waals surface area contributed by atoms with Gasteiger partial charge in [0.05, 0.1) is 0 Å². The predicted molar refractivity (Wildman–Crippen MR) is 109 cm³/mol. The summed E-state index contributed by atoms with van der Waals surface area (Å²) in [5, 5.41) is 0. The maximum absolute atomic E-state index is 6.00. The molecule has 0 amide bonds. The van der Waals surface area contributed by atoms with Gasteiger partial charge in [-0.3, -0.25) is 0 Å². The Bertz CT molecular complexity index is 901. The average molecular weight is 356 g/mol. The van der Waals surface area contributed by atoms with Gasteiger partial charge in [0.2, 0.25) is 0 Å². The molecule has 0 spiro atoms. The molecule has 136 valence electrons. The van der Waals surface area contributed by atoms with E-state index in [1.54, 1.807) is 0 Å². The van der Waals surface area contributed by atoms with E-state index in [2.05, 4.69) is 67.6 Å². The second kappa shape index (κ2) is 7.71. The standard InChI is InChI=1S/C25H24O2/c1-25-15-6-5-9-22(25)17-24(14-16-25)27-19-21-10-12-23(13-11-21)26-18-20-7-3-2-4-8-20/h2-14,16-17H,15,18-19H2,1H3. The van der Waals surface area contributed by atoms with E-state index in [4.69, 9.17) is 9.47 Å². The van der Waals surface area contributed by atoms with Crippen LogP contribution in [0.25, 0.3) is 0 Å². The number of hydrogen-bond donors (Lipinski definition) is 0. The van der Waals surface area contributed by atoms with Crippen LogP contribution < -0.4 is 4.74 Å². The molecule has 0 aromatic heterocycles. The third kappa shape index (κ3) is 4.22. The second-order valence-electron chi connectivity index (χ2n) is 7.26. The molecule has 2 aliphatic carbocycles. The molecule has 0 fully saturated rings. The number of ether oxygens (including phenoxy) is 2. The first-order valence-electron chi connectivity index (χ1n) is 9.38. The Hall–Kier alpha value is -3.00. The predicted octanol–water partition coefficient (Wildman–Crippen LogP) is 6.13. The smallest absolute Gasteiger partial charge is 0.119 e. The molecule has 2 aromatic rings. The van der Waals surface area contributed by atoms with E-state index >= 15 is 0 Å². The number of benzene rings is 2. The van der Waals surface area contributed by atoms with E-state index in [1.807, 2.05) is 30.3 Å². The fourth-order valence-corrected chi connectivity index (χ4v) is 3.32. The summed E-state index contributed by atoms with van der Waals surface area (Å²) in [5.41, 5.74) is 3.72. The highest BCUT2D eigenvalue weighted by Gasteiger charge is 2.28. The molecular formula is C25H24O2. The van der Waals surface area contributed by atoms with Crippen LogP contribution in [0.5, 0.6) is 5.75 Å². The zero-order valence-corrected chi connectivity index (χ0v) is 15.6. The van der Waals surface area contributed by atoms with Crippen LogP contribution in [-0.2, 0) is 18.0 Å². The summed E-state index contributed by atoms with van der Waals surface area (Å²) in [5.74, 6) is 1.78. The zero-order chi connectivity index (χ0) is 18.5. The van der Waals surface area contributed by atoms with Crippen molar-refractivity contribution in [2.75, 3.05) is 0 Å². The molecule has 2 nitrogen and oxygen atoms in total. The lowest BCUT2D eigenvalue weighted by molar-refractivity contribution is 0.208. The van der Waals surface area contributed by atoms with Gasteiger partial charge in [-0.1, -0.05) is 73.7 Å². The van der Waals surface area contributed by atoms with Crippen molar-refractivity contribution in [1.29, 1.82) is 0 Å². The first-order valence-corrected chi connectivity index (χ1v) is 9.38. The Labute approximate surface area is 161 Å². The molecule has 1 unspecified atom stereocenters. The molecule has 2 heteroatoms. The summed E-state index contributed by atoms with van der Waals surface area (Å²) in [4.78, 5) is 0. The Balaban J connectivity index is 1.32. The largest absolute Gasteiger partial charge is 0.489 e. The normalized spacial score (nSPS) is 20.5. The van der Waals surface area contributed by atoms with E-state index in [-0.39, 0.29) is 5.41 Å². The minimum absolute atomic E-state index is 0.110. The van der Waals surface area contributed by atoms with Crippen molar-refractivity contribution in [2.24, 2.45) is 5.41 Å². The number of allylic oxidation sites excluding steroid dienone is 7. The average Bonchev–Trinajstić information content (AvgIpc) is 2.72. The van der Waals surface area contributed by atoms with Crippen LogP contribution in [0.2, 0.25) is 0 Å². The molecular weight excluding hydrogens is 332 g/mol. The van der Waals surface area contributed by atoms with Crippen LogP contribution in [0.15, 0.2) is 102 Å². The van der Waals surface area contributed by atoms with Crippen molar-refractivity contribution in [1.82, 2.24) is 0 Å². The first-order chi connectivity index (χ1) is 13.2. The van der Waals surface area contributed by atoms with Crippen LogP contribution in [-0.4, -0.2) is 0 Å². The van der Waals surface area contributed by atoms with Gasteiger partial charge in [0.15, 0.2) is 0 Å². The van der Waals surface area contributed by atoms with Crippen LogP contribution in [0.1, 0.15) is 24.5 Å². The molecule has 1 atom stereocenters. The quantitative estimate of drug-likeness (QED) is 0.620. The summed E-state index contributed by atoms with van der Waals surface area (Å²) in [6.45, 7) is 3.39. The molecule has 0 radical (unpaired) electrons. The molecule has 0 heterocycles. The van der Waals surface area contributed by atoms with Crippen molar-refractivity contribution in [3.63, 3.8) is 0 Å². The van der Waals surface area contributed by atoms with Gasteiger partial charge in [0.1, 0.15) is 24.7 Å². The monoisotopic (exact) mass is 356 g/mol. The van der Waals surface area contributed by atoms with Gasteiger partial charge in [0, 0.05) is 5.41 Å². The van der Waals surface area contributed by atoms with Crippen molar-refractivity contribution in [3.05, 3.63) is 114 Å². The molecule has 27 heavy (non-hydrogen) atoms. The van der Waals surface area contributed by atoms with Crippen molar-refractivity contribution >= 4 is 0 Å². The van der Waals surface area contributed by atoms with Gasteiger partial charge in [-0.05, 0) is 47.4 Å². The van der Waals surface area contributed by atoms with E-state index in [1.165, 1.54) is 11.1 Å². The summed E-state index contributed by atoms with van der Waals surface area (Å²) in [7, 11) is 0. The van der Waals surface area contributed by atoms with Gasteiger partial charge < -0.3 is 9.47 Å². The lowest BCUT2D eigenvalue weighted by Gasteiger charge is -2.31. The Morgan fingerprint density at radius 1 is 0.889 bits per heavy atom. The van der Waals surface area contributed by atoms with Crippen molar-refractivity contribution in [3.8, 4) is 5.75 Å². The van der Waals surface area contributed by atoms with Gasteiger partial charge in [-0.25, -0.2) is 0 Å².